The second-order valence-electron chi connectivity index (χ2n) is 6.21. The first-order valence-electron chi connectivity index (χ1n) is 8.42. The Labute approximate surface area is 157 Å². The molecule has 1 aliphatic rings. The van der Waals surface area contributed by atoms with E-state index >= 15 is 0 Å². The van der Waals surface area contributed by atoms with Gasteiger partial charge in [0.05, 0.1) is 23.1 Å². The third-order valence-corrected chi connectivity index (χ3v) is 5.48. The van der Waals surface area contributed by atoms with Crippen LogP contribution in [-0.2, 0) is 23.9 Å². The summed E-state index contributed by atoms with van der Waals surface area (Å²) in [7, 11) is -3.96. The van der Waals surface area contributed by atoms with Gasteiger partial charge in [0.25, 0.3) is 16.0 Å². The number of carbonyl (C=O) groups excluding carboxylic acids is 2. The molecule has 1 saturated heterocycles. The molecule has 0 aromatic heterocycles. The Hall–Kier alpha value is -2.71. The molecule has 8 heteroatoms. The fourth-order valence-electron chi connectivity index (χ4n) is 2.66. The van der Waals surface area contributed by atoms with Gasteiger partial charge in [0.15, 0.2) is 0 Å². The summed E-state index contributed by atoms with van der Waals surface area (Å²) in [5.74, 6) is -1.07. The van der Waals surface area contributed by atoms with Gasteiger partial charge in [-0.05, 0) is 37.6 Å². The van der Waals surface area contributed by atoms with Gasteiger partial charge in [-0.2, -0.15) is 13.5 Å². The van der Waals surface area contributed by atoms with Crippen LogP contribution in [0.1, 0.15) is 28.8 Å². The topological polar surface area (TPSA) is 90.0 Å². The minimum Gasteiger partial charge on any atom is -0.332 e. The molecule has 1 unspecified atom stereocenters. The highest BCUT2D eigenvalue weighted by molar-refractivity contribution is 7.86. The number of aryl methyl sites for hydroxylation is 1. The van der Waals surface area contributed by atoms with Crippen LogP contribution in [-0.4, -0.2) is 38.0 Å². The summed E-state index contributed by atoms with van der Waals surface area (Å²) < 4.78 is 29.7. The van der Waals surface area contributed by atoms with Crippen LogP contribution in [0.2, 0.25) is 0 Å². The van der Waals surface area contributed by atoms with Crippen LogP contribution in [0.25, 0.3) is 0 Å². The van der Waals surface area contributed by atoms with Crippen LogP contribution in [0.5, 0.6) is 0 Å². The number of nitrogens with zero attached hydrogens (tertiary/aromatic N) is 1. The Morgan fingerprint density at radius 1 is 1.11 bits per heavy atom. The van der Waals surface area contributed by atoms with Gasteiger partial charge in [0.1, 0.15) is 0 Å². The van der Waals surface area contributed by atoms with Gasteiger partial charge in [0, 0.05) is 6.42 Å². The van der Waals surface area contributed by atoms with Gasteiger partial charge < -0.3 is 4.84 Å². The molecule has 1 heterocycles. The molecule has 0 radical (unpaired) electrons. The Balaban J connectivity index is 1.66. The van der Waals surface area contributed by atoms with Crippen molar-refractivity contribution in [1.29, 1.82) is 0 Å². The van der Waals surface area contributed by atoms with Gasteiger partial charge >= 0.3 is 5.97 Å². The number of carbonyl (C=O) groups is 2. The zero-order valence-corrected chi connectivity index (χ0v) is 15.5. The molecule has 3 rings (SSSR count). The summed E-state index contributed by atoms with van der Waals surface area (Å²) in [4.78, 5) is 29.4. The summed E-state index contributed by atoms with van der Waals surface area (Å²) in [6.45, 7) is 1.56. The van der Waals surface area contributed by atoms with Crippen LogP contribution >= 0.6 is 0 Å². The maximum atomic E-state index is 12.3. The first-order valence-corrected chi connectivity index (χ1v) is 9.83. The van der Waals surface area contributed by atoms with Crippen molar-refractivity contribution in [2.75, 3.05) is 6.61 Å². The van der Waals surface area contributed by atoms with E-state index in [2.05, 4.69) is 0 Å². The van der Waals surface area contributed by atoms with Gasteiger partial charge in [0.2, 0.25) is 0 Å². The first-order chi connectivity index (χ1) is 12.9. The number of hydrogen-bond acceptors (Lipinski definition) is 6. The number of hydroxylamine groups is 2. The van der Waals surface area contributed by atoms with Crippen LogP contribution in [0.3, 0.4) is 0 Å². The maximum absolute atomic E-state index is 12.3. The van der Waals surface area contributed by atoms with E-state index in [0.717, 1.165) is 10.6 Å². The fourth-order valence-corrected chi connectivity index (χ4v) is 3.60. The first kappa shape index (κ1) is 19.1. The van der Waals surface area contributed by atoms with E-state index in [-0.39, 0.29) is 23.8 Å². The van der Waals surface area contributed by atoms with Crippen LogP contribution in [0.15, 0.2) is 59.5 Å². The average Bonchev–Trinajstić information content (AvgIpc) is 3.01. The van der Waals surface area contributed by atoms with E-state index in [1.165, 1.54) is 12.1 Å². The lowest BCUT2D eigenvalue weighted by Gasteiger charge is -2.22. The molecule has 0 bridgehead atoms. The molecule has 2 aromatic carbocycles. The highest BCUT2D eigenvalue weighted by Crippen LogP contribution is 2.22. The van der Waals surface area contributed by atoms with E-state index < -0.39 is 22.1 Å². The predicted octanol–water partition coefficient (Wildman–Crippen LogP) is 2.46. The molecular weight excluding hydrogens is 370 g/mol. The Morgan fingerprint density at radius 2 is 1.78 bits per heavy atom. The van der Waals surface area contributed by atoms with Crippen molar-refractivity contribution in [3.05, 3.63) is 65.7 Å². The quantitative estimate of drug-likeness (QED) is 0.705. The molecule has 1 atom stereocenters. The molecular formula is C19H19NO6S. The molecule has 7 nitrogen and oxygen atoms in total. The van der Waals surface area contributed by atoms with Crippen molar-refractivity contribution in [3.63, 3.8) is 0 Å². The highest BCUT2D eigenvalue weighted by Gasteiger charge is 2.36. The van der Waals surface area contributed by atoms with Crippen molar-refractivity contribution in [1.82, 2.24) is 5.06 Å². The number of benzene rings is 2. The Kier molecular flexibility index (Phi) is 5.57. The molecule has 1 aliphatic heterocycles. The smallest absolute Gasteiger partial charge is 0.332 e. The molecule has 0 saturated carbocycles. The minimum atomic E-state index is -3.96. The summed E-state index contributed by atoms with van der Waals surface area (Å²) in [6, 6.07) is 13.8. The molecule has 2 aromatic rings. The van der Waals surface area contributed by atoms with E-state index in [4.69, 9.17) is 9.02 Å². The van der Waals surface area contributed by atoms with Gasteiger partial charge in [-0.1, -0.05) is 35.9 Å². The molecule has 142 valence electrons. The zero-order valence-electron chi connectivity index (χ0n) is 14.7. The molecule has 1 amide bonds. The van der Waals surface area contributed by atoms with Gasteiger partial charge in [-0.15, -0.1) is 0 Å². The summed E-state index contributed by atoms with van der Waals surface area (Å²) in [5, 5.41) is 0.917. The molecule has 0 aliphatic carbocycles. The second-order valence-corrected chi connectivity index (χ2v) is 7.82. The largest absolute Gasteiger partial charge is 0.363 e. The highest BCUT2D eigenvalue weighted by atomic mass is 32.2. The lowest BCUT2D eigenvalue weighted by Crippen LogP contribution is -2.38. The monoisotopic (exact) mass is 389 g/mol. The van der Waals surface area contributed by atoms with Crippen molar-refractivity contribution >= 4 is 22.0 Å². The Morgan fingerprint density at radius 3 is 2.44 bits per heavy atom. The normalized spacial score (nSPS) is 17.1. The maximum Gasteiger partial charge on any atom is 0.363 e. The molecule has 27 heavy (non-hydrogen) atoms. The fraction of sp³-hybridized carbons (Fsp3) is 0.263. The SMILES string of the molecule is Cc1ccc(S(=O)(=O)OCC2CCC(=O)N2OC(=O)c2ccccc2)cc1. The second kappa shape index (κ2) is 7.89. The number of amides is 1. The van der Waals surface area contributed by atoms with E-state index in [1.807, 2.05) is 6.92 Å². The molecule has 0 spiro atoms. The van der Waals surface area contributed by atoms with Crippen LogP contribution in [0, 0.1) is 6.92 Å². The van der Waals surface area contributed by atoms with E-state index in [1.54, 1.807) is 42.5 Å². The predicted molar refractivity (Wildman–Crippen MR) is 96.0 cm³/mol. The standard InChI is InChI=1S/C19H19NO6S/c1-14-7-10-17(11-8-14)27(23,24)25-13-16-9-12-18(21)20(16)26-19(22)15-5-3-2-4-6-15/h2-8,10-11,16H,9,12-13H2,1H3. The van der Waals surface area contributed by atoms with Crippen molar-refractivity contribution in [2.45, 2.75) is 30.7 Å². The van der Waals surface area contributed by atoms with Gasteiger partial charge in [-0.25, -0.2) is 4.79 Å². The van der Waals surface area contributed by atoms with Crippen LogP contribution in [0.4, 0.5) is 0 Å². The van der Waals surface area contributed by atoms with E-state index in [9.17, 15) is 18.0 Å². The van der Waals surface area contributed by atoms with Crippen molar-refractivity contribution in [2.24, 2.45) is 0 Å². The van der Waals surface area contributed by atoms with E-state index in [0.29, 0.717) is 12.0 Å². The number of rotatable bonds is 6. The Bertz CT molecular complexity index is 924. The molecule has 0 N–H and O–H groups in total. The summed E-state index contributed by atoms with van der Waals surface area (Å²) in [5.41, 5.74) is 1.22. The lowest BCUT2D eigenvalue weighted by atomic mass is 10.2. The van der Waals surface area contributed by atoms with Crippen LogP contribution < -0.4 is 0 Å². The molecule has 1 fully saturated rings. The number of hydrogen-bond donors (Lipinski definition) is 0. The van der Waals surface area contributed by atoms with Crippen molar-refractivity contribution in [3.8, 4) is 0 Å². The average molecular weight is 389 g/mol. The third-order valence-electron chi connectivity index (χ3n) is 4.18. The van der Waals surface area contributed by atoms with Gasteiger partial charge in [-0.3, -0.25) is 8.98 Å². The van der Waals surface area contributed by atoms with Crippen molar-refractivity contribution < 1.29 is 27.0 Å². The minimum absolute atomic E-state index is 0.0326. The summed E-state index contributed by atoms with van der Waals surface area (Å²) in [6.07, 6.45) is 0.491. The zero-order chi connectivity index (χ0) is 19.4. The lowest BCUT2D eigenvalue weighted by molar-refractivity contribution is -0.169. The third kappa shape index (κ3) is 4.53. The summed E-state index contributed by atoms with van der Waals surface area (Å²) >= 11 is 0.